The van der Waals surface area contributed by atoms with Crippen molar-refractivity contribution in [2.75, 3.05) is 0 Å². The van der Waals surface area contributed by atoms with E-state index in [1.807, 2.05) is 0 Å². The molecule has 0 nitrogen and oxygen atoms in total. The predicted octanol–water partition coefficient (Wildman–Crippen LogP) is 7.33. The minimum atomic E-state index is 0.542. The summed E-state index contributed by atoms with van der Waals surface area (Å²) >= 11 is 0. The second kappa shape index (κ2) is 9.85. The Bertz CT molecular complexity index is 230. The highest BCUT2D eigenvalue weighted by molar-refractivity contribution is 4.83. The predicted molar refractivity (Wildman–Crippen MR) is 94.1 cm³/mol. The van der Waals surface area contributed by atoms with Crippen LogP contribution in [0.15, 0.2) is 0 Å². The van der Waals surface area contributed by atoms with Gasteiger partial charge in [0.25, 0.3) is 0 Å². The summed E-state index contributed by atoms with van der Waals surface area (Å²) in [4.78, 5) is 0. The van der Waals surface area contributed by atoms with Crippen LogP contribution in [-0.4, -0.2) is 0 Å². The average molecular weight is 283 g/mol. The van der Waals surface area contributed by atoms with E-state index in [1.165, 1.54) is 44.9 Å². The fourth-order valence-corrected chi connectivity index (χ4v) is 3.48. The zero-order valence-electron chi connectivity index (χ0n) is 15.8. The van der Waals surface area contributed by atoms with Crippen LogP contribution in [0.1, 0.15) is 100 Å². The largest absolute Gasteiger partial charge is 0.0651 e. The lowest BCUT2D eigenvalue weighted by Crippen LogP contribution is -2.32. The lowest BCUT2D eigenvalue weighted by atomic mass is 9.65. The summed E-state index contributed by atoms with van der Waals surface area (Å²) in [6, 6.07) is 0. The fourth-order valence-electron chi connectivity index (χ4n) is 3.48. The zero-order chi connectivity index (χ0) is 15.8. The van der Waals surface area contributed by atoms with Crippen molar-refractivity contribution in [3.8, 4) is 0 Å². The quantitative estimate of drug-likeness (QED) is 0.348. The van der Waals surface area contributed by atoms with Gasteiger partial charge in [-0.3, -0.25) is 0 Å². The van der Waals surface area contributed by atoms with Crippen molar-refractivity contribution in [3.05, 3.63) is 0 Å². The molecular weight excluding hydrogens is 240 g/mol. The van der Waals surface area contributed by atoms with Gasteiger partial charge in [0.05, 0.1) is 0 Å². The van der Waals surface area contributed by atoms with Gasteiger partial charge in [-0.25, -0.2) is 0 Å². The lowest BCUT2D eigenvalue weighted by Gasteiger charge is -2.41. The summed E-state index contributed by atoms with van der Waals surface area (Å²) in [5, 5.41) is 0. The molecule has 0 N–H and O–H groups in total. The Morgan fingerprint density at radius 2 is 1.45 bits per heavy atom. The Morgan fingerprint density at radius 1 is 0.850 bits per heavy atom. The molecule has 0 aliphatic heterocycles. The van der Waals surface area contributed by atoms with E-state index in [9.17, 15) is 0 Å². The van der Waals surface area contributed by atoms with E-state index in [1.54, 1.807) is 0 Å². The van der Waals surface area contributed by atoms with E-state index in [4.69, 9.17) is 0 Å². The van der Waals surface area contributed by atoms with E-state index in [0.29, 0.717) is 5.41 Å². The maximum absolute atomic E-state index is 2.54. The standard InChI is InChI=1S/C20H42/c1-9-17(5)18(6)19(7)20(8,10-2)15-13-11-12-14-16(3)4/h16-19H,9-15H2,1-8H3. The van der Waals surface area contributed by atoms with Crippen LogP contribution in [0.5, 0.6) is 0 Å². The third-order valence-corrected chi connectivity index (χ3v) is 6.27. The molecule has 20 heavy (non-hydrogen) atoms. The molecule has 0 aliphatic rings. The normalized spacial score (nSPS) is 19.6. The highest BCUT2D eigenvalue weighted by atomic mass is 14.4. The van der Waals surface area contributed by atoms with Gasteiger partial charge in [-0.2, -0.15) is 0 Å². The maximum atomic E-state index is 2.54. The Kier molecular flexibility index (Phi) is 9.85. The molecule has 4 atom stereocenters. The van der Waals surface area contributed by atoms with Gasteiger partial charge in [0.1, 0.15) is 0 Å². The van der Waals surface area contributed by atoms with Crippen LogP contribution in [0, 0.1) is 29.1 Å². The Balaban J connectivity index is 4.30. The van der Waals surface area contributed by atoms with Crippen molar-refractivity contribution < 1.29 is 0 Å². The van der Waals surface area contributed by atoms with Crippen molar-refractivity contribution in [1.29, 1.82) is 0 Å². The van der Waals surface area contributed by atoms with E-state index in [2.05, 4.69) is 55.4 Å². The van der Waals surface area contributed by atoms with Gasteiger partial charge in [0.15, 0.2) is 0 Å². The van der Waals surface area contributed by atoms with Crippen LogP contribution < -0.4 is 0 Å². The van der Waals surface area contributed by atoms with Gasteiger partial charge in [0.2, 0.25) is 0 Å². The fraction of sp³-hybridized carbons (Fsp3) is 1.00. The van der Waals surface area contributed by atoms with E-state index >= 15 is 0 Å². The zero-order valence-corrected chi connectivity index (χ0v) is 15.8. The van der Waals surface area contributed by atoms with Crippen molar-refractivity contribution in [3.63, 3.8) is 0 Å². The molecule has 0 heteroatoms. The smallest absolute Gasteiger partial charge is 0.0300 e. The molecular formula is C20H42. The lowest BCUT2D eigenvalue weighted by molar-refractivity contribution is 0.0912. The molecule has 0 radical (unpaired) electrons. The number of hydrogen-bond donors (Lipinski definition) is 0. The first-order valence-electron chi connectivity index (χ1n) is 9.28. The van der Waals surface area contributed by atoms with Gasteiger partial charge in [-0.15, -0.1) is 0 Å². The highest BCUT2D eigenvalue weighted by Crippen LogP contribution is 2.43. The molecule has 0 rings (SSSR count). The number of unbranched alkanes of at least 4 members (excludes halogenated alkanes) is 2. The first-order chi connectivity index (χ1) is 9.28. The number of rotatable bonds is 11. The molecule has 0 spiro atoms. The molecule has 0 saturated heterocycles. The molecule has 0 aromatic carbocycles. The third kappa shape index (κ3) is 6.64. The van der Waals surface area contributed by atoms with Gasteiger partial charge >= 0.3 is 0 Å². The second-order valence-corrected chi connectivity index (χ2v) is 8.03. The minimum absolute atomic E-state index is 0.542. The van der Waals surface area contributed by atoms with Crippen molar-refractivity contribution >= 4 is 0 Å². The summed E-state index contributed by atoms with van der Waals surface area (Å²) in [5.41, 5.74) is 0.542. The van der Waals surface area contributed by atoms with Crippen LogP contribution in [0.25, 0.3) is 0 Å². The molecule has 0 aromatic rings. The van der Waals surface area contributed by atoms with Crippen molar-refractivity contribution in [2.45, 2.75) is 100 Å². The summed E-state index contributed by atoms with van der Waals surface area (Å²) in [5.74, 6) is 3.42. The maximum Gasteiger partial charge on any atom is -0.0300 e. The first-order valence-corrected chi connectivity index (χ1v) is 9.28. The number of hydrogen-bond acceptors (Lipinski definition) is 0. The topological polar surface area (TPSA) is 0 Å². The van der Waals surface area contributed by atoms with Gasteiger partial charge < -0.3 is 0 Å². The monoisotopic (exact) mass is 282 g/mol. The van der Waals surface area contributed by atoms with E-state index in [-0.39, 0.29) is 0 Å². The molecule has 0 heterocycles. The average Bonchev–Trinajstić information content (AvgIpc) is 2.43. The summed E-state index contributed by atoms with van der Waals surface area (Å²) in [7, 11) is 0. The van der Waals surface area contributed by atoms with Crippen LogP contribution in [0.4, 0.5) is 0 Å². The molecule has 0 amide bonds. The van der Waals surface area contributed by atoms with Gasteiger partial charge in [-0.05, 0) is 35.5 Å². The van der Waals surface area contributed by atoms with Crippen LogP contribution >= 0.6 is 0 Å². The molecule has 0 fully saturated rings. The van der Waals surface area contributed by atoms with E-state index < -0.39 is 0 Å². The van der Waals surface area contributed by atoms with Crippen LogP contribution in [-0.2, 0) is 0 Å². The first kappa shape index (κ1) is 20.0. The molecule has 0 aromatic heterocycles. The van der Waals surface area contributed by atoms with Crippen molar-refractivity contribution in [2.24, 2.45) is 29.1 Å². The van der Waals surface area contributed by atoms with Gasteiger partial charge in [-0.1, -0.05) is 93.9 Å². The molecule has 4 unspecified atom stereocenters. The van der Waals surface area contributed by atoms with Crippen LogP contribution in [0.2, 0.25) is 0 Å². The SMILES string of the molecule is CCC(C)C(C)C(C)C(C)(CC)CCCCCC(C)C. The van der Waals surface area contributed by atoms with Gasteiger partial charge in [0, 0.05) is 0 Å². The molecule has 122 valence electrons. The molecule has 0 aliphatic carbocycles. The highest BCUT2D eigenvalue weighted by Gasteiger charge is 2.33. The van der Waals surface area contributed by atoms with Crippen molar-refractivity contribution in [1.82, 2.24) is 0 Å². The Morgan fingerprint density at radius 3 is 1.90 bits per heavy atom. The second-order valence-electron chi connectivity index (χ2n) is 8.03. The van der Waals surface area contributed by atoms with E-state index in [0.717, 1.165) is 23.7 Å². The summed E-state index contributed by atoms with van der Waals surface area (Å²) in [6.07, 6.45) is 9.75. The minimum Gasteiger partial charge on any atom is -0.0651 e. The summed E-state index contributed by atoms with van der Waals surface area (Å²) < 4.78 is 0. The third-order valence-electron chi connectivity index (χ3n) is 6.27. The molecule has 0 bridgehead atoms. The Labute approximate surface area is 130 Å². The summed E-state index contributed by atoms with van der Waals surface area (Å²) in [6.45, 7) is 19.4. The Hall–Kier alpha value is 0. The molecule has 0 saturated carbocycles. The van der Waals surface area contributed by atoms with Crippen LogP contribution in [0.3, 0.4) is 0 Å².